The molecule has 21 heavy (non-hydrogen) atoms. The minimum Gasteiger partial charge on any atom is -0.399 e. The zero-order valence-corrected chi connectivity index (χ0v) is 11.6. The highest BCUT2D eigenvalue weighted by Gasteiger charge is 2.31. The molecule has 1 aromatic rings. The van der Waals surface area contributed by atoms with Gasteiger partial charge in [-0.05, 0) is 37.1 Å². The van der Waals surface area contributed by atoms with Crippen LogP contribution in [0.5, 0.6) is 0 Å². The van der Waals surface area contributed by atoms with Crippen LogP contribution < -0.4 is 10.6 Å². The molecule has 0 spiro atoms. The van der Waals surface area contributed by atoms with E-state index in [1.54, 1.807) is 17.0 Å². The predicted molar refractivity (Wildman–Crippen MR) is 73.0 cm³/mol. The van der Waals surface area contributed by atoms with Crippen molar-refractivity contribution in [2.45, 2.75) is 32.0 Å². The Morgan fingerprint density at radius 3 is 2.86 bits per heavy atom. The van der Waals surface area contributed by atoms with Crippen LogP contribution in [0.3, 0.4) is 0 Å². The molecule has 1 heterocycles. The largest absolute Gasteiger partial charge is 0.411 e. The second kappa shape index (κ2) is 5.93. The fourth-order valence-electron chi connectivity index (χ4n) is 2.50. The van der Waals surface area contributed by atoms with E-state index in [1.165, 1.54) is 0 Å². The number of amides is 1. The lowest BCUT2D eigenvalue weighted by molar-refractivity contribution is -0.174. The summed E-state index contributed by atoms with van der Waals surface area (Å²) in [5.74, 6) is -0.242. The molecule has 0 aliphatic carbocycles. The van der Waals surface area contributed by atoms with Crippen molar-refractivity contribution >= 4 is 17.3 Å². The molecule has 116 valence electrons. The molecular formula is C14H17F3N2O2. The number of nitrogens with zero attached hydrogens (tertiary/aromatic N) is 1. The van der Waals surface area contributed by atoms with Crippen molar-refractivity contribution in [3.63, 3.8) is 0 Å². The Hall–Kier alpha value is -1.76. The van der Waals surface area contributed by atoms with Gasteiger partial charge in [0, 0.05) is 17.4 Å². The first-order chi connectivity index (χ1) is 9.78. The number of ether oxygens (including phenoxy) is 1. The summed E-state index contributed by atoms with van der Waals surface area (Å²) in [6.45, 7) is 0.319. The summed E-state index contributed by atoms with van der Waals surface area (Å²) in [6, 6.07) is 5.26. The normalized spacial score (nSPS) is 17.9. The van der Waals surface area contributed by atoms with Crippen molar-refractivity contribution in [1.29, 1.82) is 0 Å². The van der Waals surface area contributed by atoms with Crippen LogP contribution >= 0.6 is 0 Å². The summed E-state index contributed by atoms with van der Waals surface area (Å²) in [5, 5.41) is 0. The molecule has 0 saturated heterocycles. The summed E-state index contributed by atoms with van der Waals surface area (Å²) in [6.07, 6.45) is -3.76. The third-order valence-corrected chi connectivity index (χ3v) is 3.31. The number of anilines is 2. The first kappa shape index (κ1) is 15.6. The van der Waals surface area contributed by atoms with Crippen molar-refractivity contribution in [2.24, 2.45) is 0 Å². The van der Waals surface area contributed by atoms with Crippen LogP contribution in [-0.4, -0.2) is 31.3 Å². The maximum absolute atomic E-state index is 12.2. The highest BCUT2D eigenvalue weighted by atomic mass is 19.4. The fraction of sp³-hybridized carbons (Fsp3) is 0.500. The van der Waals surface area contributed by atoms with Gasteiger partial charge in [-0.2, -0.15) is 13.2 Å². The monoisotopic (exact) mass is 302 g/mol. The molecule has 7 heteroatoms. The van der Waals surface area contributed by atoms with Crippen LogP contribution in [-0.2, 0) is 16.0 Å². The van der Waals surface area contributed by atoms with Gasteiger partial charge in [-0.15, -0.1) is 0 Å². The smallest absolute Gasteiger partial charge is 0.399 e. The van der Waals surface area contributed by atoms with E-state index in [0.717, 1.165) is 11.3 Å². The van der Waals surface area contributed by atoms with Crippen LogP contribution in [0.4, 0.5) is 24.5 Å². The first-order valence-corrected chi connectivity index (χ1v) is 6.63. The number of rotatable bonds is 4. The van der Waals surface area contributed by atoms with Crippen LogP contribution in [0, 0.1) is 0 Å². The van der Waals surface area contributed by atoms with Gasteiger partial charge in [-0.1, -0.05) is 0 Å². The van der Waals surface area contributed by atoms with Crippen LogP contribution in [0.25, 0.3) is 0 Å². The average Bonchev–Trinajstić information content (AvgIpc) is 2.68. The van der Waals surface area contributed by atoms with E-state index in [-0.39, 0.29) is 25.0 Å². The van der Waals surface area contributed by atoms with Crippen LogP contribution in [0.1, 0.15) is 18.9 Å². The number of carbonyl (C=O) groups is 1. The van der Waals surface area contributed by atoms with E-state index in [2.05, 4.69) is 4.74 Å². The Labute approximate surface area is 120 Å². The Balaban J connectivity index is 1.94. The van der Waals surface area contributed by atoms with E-state index in [4.69, 9.17) is 5.73 Å². The molecule has 1 aromatic carbocycles. The quantitative estimate of drug-likeness (QED) is 0.687. The van der Waals surface area contributed by atoms with Gasteiger partial charge >= 0.3 is 6.18 Å². The zero-order chi connectivity index (χ0) is 15.6. The molecule has 0 saturated carbocycles. The van der Waals surface area contributed by atoms with Gasteiger partial charge in [-0.3, -0.25) is 4.79 Å². The Morgan fingerprint density at radius 2 is 2.19 bits per heavy atom. The van der Waals surface area contributed by atoms with Crippen LogP contribution in [0.2, 0.25) is 0 Å². The number of alkyl halides is 3. The molecule has 1 unspecified atom stereocenters. The number of nitrogens with two attached hydrogens (primary N) is 1. The van der Waals surface area contributed by atoms with E-state index in [0.29, 0.717) is 12.1 Å². The molecule has 2 rings (SSSR count). The van der Waals surface area contributed by atoms with Crippen LogP contribution in [0.15, 0.2) is 18.2 Å². The lowest BCUT2D eigenvalue weighted by Crippen LogP contribution is -2.36. The van der Waals surface area contributed by atoms with Gasteiger partial charge in [0.05, 0.1) is 13.0 Å². The number of hydrogen-bond acceptors (Lipinski definition) is 3. The molecule has 0 fully saturated rings. The lowest BCUT2D eigenvalue weighted by atomic mass is 10.1. The molecule has 4 nitrogen and oxygen atoms in total. The van der Waals surface area contributed by atoms with Gasteiger partial charge in [0.2, 0.25) is 5.91 Å². The molecule has 2 N–H and O–H groups in total. The van der Waals surface area contributed by atoms with E-state index >= 15 is 0 Å². The number of hydrogen-bond donors (Lipinski definition) is 1. The van der Waals surface area contributed by atoms with E-state index in [9.17, 15) is 18.0 Å². The molecule has 0 aromatic heterocycles. The van der Waals surface area contributed by atoms with Gasteiger partial charge in [0.25, 0.3) is 0 Å². The Bertz CT molecular complexity index is 531. The third kappa shape index (κ3) is 3.87. The van der Waals surface area contributed by atoms with Gasteiger partial charge in [-0.25, -0.2) is 0 Å². The van der Waals surface area contributed by atoms with E-state index in [1.807, 2.05) is 13.0 Å². The molecule has 1 amide bonds. The minimum absolute atomic E-state index is 0.0306. The van der Waals surface area contributed by atoms with Crippen molar-refractivity contribution in [1.82, 2.24) is 0 Å². The Morgan fingerprint density at radius 1 is 1.48 bits per heavy atom. The van der Waals surface area contributed by atoms with Gasteiger partial charge < -0.3 is 15.4 Å². The van der Waals surface area contributed by atoms with E-state index < -0.39 is 12.8 Å². The second-order valence-corrected chi connectivity index (χ2v) is 5.12. The van der Waals surface area contributed by atoms with Crippen molar-refractivity contribution in [3.8, 4) is 0 Å². The SMILES string of the molecule is CC1Cc2cc(N)ccc2N1C(=O)CCOCC(F)(F)F. The number of nitrogen functional groups attached to an aromatic ring is 1. The molecule has 0 bridgehead atoms. The highest BCUT2D eigenvalue weighted by Crippen LogP contribution is 2.33. The average molecular weight is 302 g/mol. The summed E-state index contributed by atoms with van der Waals surface area (Å²) in [7, 11) is 0. The second-order valence-electron chi connectivity index (χ2n) is 5.12. The summed E-state index contributed by atoms with van der Waals surface area (Å²) < 4.78 is 40.3. The fourth-order valence-corrected chi connectivity index (χ4v) is 2.50. The molecule has 1 aliphatic heterocycles. The number of fused-ring (bicyclic) bond motifs is 1. The van der Waals surface area contributed by atoms with Crippen molar-refractivity contribution < 1.29 is 22.7 Å². The first-order valence-electron chi connectivity index (χ1n) is 6.63. The minimum atomic E-state index is -4.37. The molecule has 1 aliphatic rings. The molecule has 0 radical (unpaired) electrons. The summed E-state index contributed by atoms with van der Waals surface area (Å²) >= 11 is 0. The lowest BCUT2D eigenvalue weighted by Gasteiger charge is -2.22. The number of carbonyl (C=O) groups excluding carboxylic acids is 1. The number of benzene rings is 1. The maximum Gasteiger partial charge on any atom is 0.411 e. The third-order valence-electron chi connectivity index (χ3n) is 3.31. The molecular weight excluding hydrogens is 285 g/mol. The standard InChI is InChI=1S/C14H17F3N2O2/c1-9-6-10-7-11(18)2-3-12(10)19(9)13(20)4-5-21-8-14(15,16)17/h2-3,7,9H,4-6,8,18H2,1H3. The Kier molecular flexibility index (Phi) is 4.41. The van der Waals surface area contributed by atoms with Gasteiger partial charge in [0.1, 0.15) is 6.61 Å². The molecule has 1 atom stereocenters. The van der Waals surface area contributed by atoms with Crippen molar-refractivity contribution in [2.75, 3.05) is 23.8 Å². The summed E-state index contributed by atoms with van der Waals surface area (Å²) in [4.78, 5) is 13.8. The summed E-state index contributed by atoms with van der Waals surface area (Å²) in [5.41, 5.74) is 8.09. The number of halogens is 3. The van der Waals surface area contributed by atoms with Gasteiger partial charge in [0.15, 0.2) is 0 Å². The predicted octanol–water partition coefficient (Wildman–Crippen LogP) is 2.52. The highest BCUT2D eigenvalue weighted by molar-refractivity contribution is 5.96. The maximum atomic E-state index is 12.2. The zero-order valence-electron chi connectivity index (χ0n) is 11.6. The van der Waals surface area contributed by atoms with Crippen molar-refractivity contribution in [3.05, 3.63) is 23.8 Å². The topological polar surface area (TPSA) is 55.6 Å².